The van der Waals surface area contributed by atoms with Crippen LogP contribution in [0.4, 0.5) is 0 Å². The van der Waals surface area contributed by atoms with Crippen LogP contribution in [0.2, 0.25) is 0 Å². The average Bonchev–Trinajstić information content (AvgIpc) is 2.14. The van der Waals surface area contributed by atoms with Crippen molar-refractivity contribution in [3.63, 3.8) is 0 Å². The molecule has 0 N–H and O–H groups in total. The number of unbranched alkanes of at least 4 members (excludes halogenated alkanes) is 1. The lowest BCUT2D eigenvalue weighted by Crippen LogP contribution is -2.14. The van der Waals surface area contributed by atoms with Crippen LogP contribution in [-0.4, -0.2) is 17.8 Å². The summed E-state index contributed by atoms with van der Waals surface area (Å²) in [6, 6.07) is 0. The van der Waals surface area contributed by atoms with Crippen molar-refractivity contribution in [2.45, 2.75) is 37.5 Å². The van der Waals surface area contributed by atoms with Crippen molar-refractivity contribution in [2.75, 3.05) is 12.4 Å². The van der Waals surface area contributed by atoms with E-state index in [-0.39, 0.29) is 0 Å². The predicted molar refractivity (Wildman–Crippen MR) is 54.1 cm³/mol. The van der Waals surface area contributed by atoms with Crippen LogP contribution < -0.4 is 0 Å². The monoisotopic (exact) mass is 184 g/mol. The fourth-order valence-corrected chi connectivity index (χ4v) is 2.39. The molecule has 1 nitrogen and oxygen atoms in total. The zero-order valence-corrected chi connectivity index (χ0v) is 8.24. The summed E-state index contributed by atoms with van der Waals surface area (Å²) in [6.07, 6.45) is 10.9. The maximum absolute atomic E-state index is 5.65. The van der Waals surface area contributed by atoms with E-state index in [2.05, 4.69) is 5.92 Å². The second-order valence-electron chi connectivity index (χ2n) is 2.97. The Labute approximate surface area is 79.3 Å². The molecule has 1 rings (SSSR count). The van der Waals surface area contributed by atoms with Gasteiger partial charge in [-0.2, -0.15) is 0 Å². The summed E-state index contributed by atoms with van der Waals surface area (Å²) in [6.45, 7) is 0.835. The van der Waals surface area contributed by atoms with Crippen LogP contribution in [0.1, 0.15) is 32.1 Å². The van der Waals surface area contributed by atoms with Gasteiger partial charge in [-0.25, -0.2) is 0 Å². The van der Waals surface area contributed by atoms with Gasteiger partial charge in [0.2, 0.25) is 0 Å². The first-order chi connectivity index (χ1) is 5.93. The van der Waals surface area contributed by atoms with E-state index in [0.717, 1.165) is 19.4 Å². The Balaban J connectivity index is 1.95. The smallest absolute Gasteiger partial charge is 0.103 e. The predicted octanol–water partition coefficient (Wildman–Crippen LogP) is 2.66. The Bertz CT molecular complexity index is 144. The number of terminal acetylenes is 1. The van der Waals surface area contributed by atoms with Crippen LogP contribution in [-0.2, 0) is 4.74 Å². The minimum Gasteiger partial charge on any atom is -0.368 e. The van der Waals surface area contributed by atoms with Gasteiger partial charge >= 0.3 is 0 Å². The van der Waals surface area contributed by atoms with Gasteiger partial charge in [-0.15, -0.1) is 24.1 Å². The standard InChI is InChI=1S/C10H16OS/c1-2-3-5-8-11-10-7-4-6-9-12-10/h1,10H,3-9H2. The first kappa shape index (κ1) is 9.95. The molecular weight excluding hydrogens is 168 g/mol. The molecule has 0 amide bonds. The van der Waals surface area contributed by atoms with Crippen molar-refractivity contribution in [3.05, 3.63) is 0 Å². The first-order valence-corrected chi connectivity index (χ1v) is 5.65. The molecule has 1 atom stereocenters. The molecule has 12 heavy (non-hydrogen) atoms. The lowest BCUT2D eigenvalue weighted by Gasteiger charge is -2.21. The van der Waals surface area contributed by atoms with Gasteiger partial charge in [0, 0.05) is 13.0 Å². The van der Waals surface area contributed by atoms with Crippen molar-refractivity contribution < 1.29 is 4.74 Å². The largest absolute Gasteiger partial charge is 0.368 e. The Kier molecular flexibility index (Phi) is 5.30. The fourth-order valence-electron chi connectivity index (χ4n) is 1.23. The van der Waals surface area contributed by atoms with Crippen molar-refractivity contribution in [3.8, 4) is 12.3 Å². The van der Waals surface area contributed by atoms with Gasteiger partial charge < -0.3 is 4.74 Å². The summed E-state index contributed by atoms with van der Waals surface area (Å²) in [5.74, 6) is 3.88. The van der Waals surface area contributed by atoms with Crippen LogP contribution in [0.15, 0.2) is 0 Å². The Morgan fingerprint density at radius 1 is 1.50 bits per heavy atom. The normalized spacial score (nSPS) is 23.4. The fraction of sp³-hybridized carbons (Fsp3) is 0.800. The summed E-state index contributed by atoms with van der Waals surface area (Å²) in [5.41, 5.74) is 0.455. The average molecular weight is 184 g/mol. The summed E-state index contributed by atoms with van der Waals surface area (Å²) < 4.78 is 5.65. The van der Waals surface area contributed by atoms with Crippen LogP contribution >= 0.6 is 11.8 Å². The van der Waals surface area contributed by atoms with Crippen LogP contribution in [0.5, 0.6) is 0 Å². The van der Waals surface area contributed by atoms with E-state index in [1.54, 1.807) is 0 Å². The molecule has 0 aromatic rings. The van der Waals surface area contributed by atoms with E-state index >= 15 is 0 Å². The third-order valence-corrected chi connectivity index (χ3v) is 3.18. The summed E-state index contributed by atoms with van der Waals surface area (Å²) >= 11 is 1.95. The third-order valence-electron chi connectivity index (χ3n) is 1.91. The zero-order chi connectivity index (χ0) is 8.65. The SMILES string of the molecule is C#CCCCOC1CCCCS1. The molecule has 1 heterocycles. The van der Waals surface area contributed by atoms with Crippen LogP contribution in [0, 0.1) is 12.3 Å². The molecular formula is C10H16OS. The molecule has 0 bridgehead atoms. The molecule has 1 aliphatic heterocycles. The van der Waals surface area contributed by atoms with E-state index in [9.17, 15) is 0 Å². The highest BCUT2D eigenvalue weighted by Crippen LogP contribution is 2.25. The second kappa shape index (κ2) is 6.39. The number of ether oxygens (including phenoxy) is 1. The summed E-state index contributed by atoms with van der Waals surface area (Å²) in [4.78, 5) is 0. The van der Waals surface area contributed by atoms with Crippen LogP contribution in [0.3, 0.4) is 0 Å². The lowest BCUT2D eigenvalue weighted by molar-refractivity contribution is 0.102. The van der Waals surface area contributed by atoms with Gasteiger partial charge in [0.25, 0.3) is 0 Å². The van der Waals surface area contributed by atoms with Gasteiger partial charge in [0.15, 0.2) is 0 Å². The number of thioether (sulfide) groups is 1. The van der Waals surface area contributed by atoms with Crippen molar-refractivity contribution in [2.24, 2.45) is 0 Å². The maximum atomic E-state index is 5.65. The molecule has 2 heteroatoms. The van der Waals surface area contributed by atoms with Crippen molar-refractivity contribution in [1.82, 2.24) is 0 Å². The summed E-state index contributed by atoms with van der Waals surface area (Å²) in [5, 5.41) is 0. The Morgan fingerprint density at radius 3 is 3.08 bits per heavy atom. The first-order valence-electron chi connectivity index (χ1n) is 4.60. The van der Waals surface area contributed by atoms with E-state index in [0.29, 0.717) is 5.44 Å². The van der Waals surface area contributed by atoms with E-state index in [4.69, 9.17) is 11.2 Å². The molecule has 0 radical (unpaired) electrons. The quantitative estimate of drug-likeness (QED) is 0.491. The van der Waals surface area contributed by atoms with Gasteiger partial charge in [-0.1, -0.05) is 0 Å². The highest BCUT2D eigenvalue weighted by atomic mass is 32.2. The van der Waals surface area contributed by atoms with Crippen LogP contribution in [0.25, 0.3) is 0 Å². The molecule has 1 aliphatic rings. The van der Waals surface area contributed by atoms with Crippen molar-refractivity contribution >= 4 is 11.8 Å². The molecule has 1 unspecified atom stereocenters. The Hall–Kier alpha value is -0.130. The minimum absolute atomic E-state index is 0.455. The number of rotatable bonds is 4. The molecule has 0 aromatic heterocycles. The Morgan fingerprint density at radius 2 is 2.42 bits per heavy atom. The highest BCUT2D eigenvalue weighted by Gasteiger charge is 2.13. The van der Waals surface area contributed by atoms with Gasteiger partial charge in [0.1, 0.15) is 5.44 Å². The molecule has 1 fully saturated rings. The molecule has 0 aromatic carbocycles. The van der Waals surface area contributed by atoms with E-state index in [1.807, 2.05) is 11.8 Å². The van der Waals surface area contributed by atoms with Gasteiger partial charge in [-0.3, -0.25) is 0 Å². The highest BCUT2D eigenvalue weighted by molar-refractivity contribution is 7.99. The molecule has 0 spiro atoms. The lowest BCUT2D eigenvalue weighted by atomic mass is 10.2. The van der Waals surface area contributed by atoms with Gasteiger partial charge in [-0.05, 0) is 31.4 Å². The number of hydrogen-bond donors (Lipinski definition) is 0. The topological polar surface area (TPSA) is 9.23 Å². The number of hydrogen-bond acceptors (Lipinski definition) is 2. The zero-order valence-electron chi connectivity index (χ0n) is 7.42. The summed E-state index contributed by atoms with van der Waals surface area (Å²) in [7, 11) is 0. The molecule has 68 valence electrons. The molecule has 0 saturated carbocycles. The molecule has 1 saturated heterocycles. The van der Waals surface area contributed by atoms with Crippen molar-refractivity contribution in [1.29, 1.82) is 0 Å². The van der Waals surface area contributed by atoms with Gasteiger partial charge in [0.05, 0.1) is 0 Å². The molecule has 0 aliphatic carbocycles. The third kappa shape index (κ3) is 4.04. The minimum atomic E-state index is 0.455. The van der Waals surface area contributed by atoms with E-state index in [1.165, 1.54) is 25.0 Å². The second-order valence-corrected chi connectivity index (χ2v) is 4.24. The maximum Gasteiger partial charge on any atom is 0.103 e. The van der Waals surface area contributed by atoms with E-state index < -0.39 is 0 Å².